The van der Waals surface area contributed by atoms with Crippen LogP contribution in [0, 0.1) is 0 Å². The molecule has 1 saturated heterocycles. The molecular weight excluding hydrogens is 254 g/mol. The fourth-order valence-electron chi connectivity index (χ4n) is 2.36. The summed E-state index contributed by atoms with van der Waals surface area (Å²) in [5.41, 5.74) is 0.301. The van der Waals surface area contributed by atoms with E-state index >= 15 is 0 Å². The number of para-hydroxylation sites is 1. The summed E-state index contributed by atoms with van der Waals surface area (Å²) in [6.07, 6.45) is -1.75. The van der Waals surface area contributed by atoms with Crippen molar-refractivity contribution in [3.05, 3.63) is 23.8 Å². The summed E-state index contributed by atoms with van der Waals surface area (Å²) in [4.78, 5) is 11.1. The number of anilines is 1. The van der Waals surface area contributed by atoms with Gasteiger partial charge in [0.05, 0.1) is 24.0 Å². The van der Waals surface area contributed by atoms with Crippen LogP contribution in [0.15, 0.2) is 18.2 Å². The van der Waals surface area contributed by atoms with Crippen LogP contribution in [0.2, 0.25) is 0 Å². The highest BCUT2D eigenvalue weighted by atomic mass is 16.7. The molecule has 7 nitrogen and oxygen atoms in total. The smallest absolute Gasteiger partial charge is 0.337 e. The summed E-state index contributed by atoms with van der Waals surface area (Å²) >= 11 is 0. The molecule has 19 heavy (non-hydrogen) atoms. The maximum absolute atomic E-state index is 11.1. The second-order valence-corrected chi connectivity index (χ2v) is 4.65. The van der Waals surface area contributed by atoms with Crippen molar-refractivity contribution in [1.29, 1.82) is 0 Å². The average Bonchev–Trinajstić information content (AvgIpc) is 2.34. The van der Waals surface area contributed by atoms with E-state index in [1.54, 1.807) is 6.07 Å². The van der Waals surface area contributed by atoms with Gasteiger partial charge in [0, 0.05) is 6.42 Å². The fourth-order valence-corrected chi connectivity index (χ4v) is 2.36. The number of hydrogen-bond acceptors (Lipinski definition) is 6. The number of aliphatic hydroxyl groups excluding tert-OH is 1. The number of carboxylic acids is 1. The maximum Gasteiger partial charge on any atom is 0.337 e. The number of carbonyl (C=O) groups is 1. The molecular formula is C12H13NO6. The summed E-state index contributed by atoms with van der Waals surface area (Å²) in [6, 6.07) is 4.50. The van der Waals surface area contributed by atoms with Gasteiger partial charge in [-0.15, -0.1) is 0 Å². The van der Waals surface area contributed by atoms with Crippen molar-refractivity contribution in [3.63, 3.8) is 0 Å². The average molecular weight is 267 g/mol. The number of rotatable bonds is 1. The van der Waals surface area contributed by atoms with Crippen LogP contribution in [0.3, 0.4) is 0 Å². The SMILES string of the molecule is O=C(O)c1cccc2c1N[C@@H]1OC[C@@H](O)CC1(O)O2. The van der Waals surface area contributed by atoms with E-state index in [1.807, 2.05) is 0 Å². The minimum absolute atomic E-state index is 0.0125. The molecule has 0 saturated carbocycles. The van der Waals surface area contributed by atoms with E-state index in [2.05, 4.69) is 5.32 Å². The van der Waals surface area contributed by atoms with Crippen LogP contribution in [0.5, 0.6) is 5.75 Å². The van der Waals surface area contributed by atoms with E-state index < -0.39 is 24.1 Å². The summed E-state index contributed by atoms with van der Waals surface area (Å²) in [5, 5.41) is 31.8. The van der Waals surface area contributed by atoms with Gasteiger partial charge >= 0.3 is 5.97 Å². The Labute approximate surface area is 108 Å². The molecule has 1 unspecified atom stereocenters. The van der Waals surface area contributed by atoms with Crippen LogP contribution in [-0.4, -0.2) is 46.0 Å². The van der Waals surface area contributed by atoms with Crippen LogP contribution in [0.4, 0.5) is 5.69 Å². The first-order chi connectivity index (χ1) is 8.99. The van der Waals surface area contributed by atoms with Crippen molar-refractivity contribution in [2.24, 2.45) is 0 Å². The van der Waals surface area contributed by atoms with Crippen LogP contribution in [-0.2, 0) is 4.74 Å². The van der Waals surface area contributed by atoms with Crippen LogP contribution >= 0.6 is 0 Å². The molecule has 0 spiro atoms. The lowest BCUT2D eigenvalue weighted by atomic mass is 10.0. The third-order valence-corrected chi connectivity index (χ3v) is 3.21. The normalized spacial score (nSPS) is 32.5. The van der Waals surface area contributed by atoms with Crippen molar-refractivity contribution >= 4 is 11.7 Å². The van der Waals surface area contributed by atoms with Crippen molar-refractivity contribution < 1.29 is 29.6 Å². The van der Waals surface area contributed by atoms with Gasteiger partial charge in [-0.2, -0.15) is 0 Å². The lowest BCUT2D eigenvalue weighted by molar-refractivity contribution is -0.263. The highest BCUT2D eigenvalue weighted by molar-refractivity contribution is 5.96. The predicted molar refractivity (Wildman–Crippen MR) is 63.0 cm³/mol. The zero-order valence-electron chi connectivity index (χ0n) is 9.87. The van der Waals surface area contributed by atoms with Gasteiger partial charge in [0.15, 0.2) is 6.23 Å². The van der Waals surface area contributed by atoms with E-state index in [4.69, 9.17) is 14.6 Å². The molecule has 0 aromatic heterocycles. The molecule has 0 amide bonds. The lowest BCUT2D eigenvalue weighted by Crippen LogP contribution is -2.61. The second-order valence-electron chi connectivity index (χ2n) is 4.65. The van der Waals surface area contributed by atoms with E-state index in [0.717, 1.165) is 0 Å². The third kappa shape index (κ3) is 1.92. The Morgan fingerprint density at radius 1 is 1.47 bits per heavy atom. The van der Waals surface area contributed by atoms with Gasteiger partial charge in [-0.3, -0.25) is 0 Å². The highest BCUT2D eigenvalue weighted by Crippen LogP contribution is 2.41. The largest absolute Gasteiger partial charge is 0.478 e. The van der Waals surface area contributed by atoms with Gasteiger partial charge < -0.3 is 30.1 Å². The van der Waals surface area contributed by atoms with Gasteiger partial charge in [-0.25, -0.2) is 4.79 Å². The Morgan fingerprint density at radius 2 is 2.26 bits per heavy atom. The maximum atomic E-state index is 11.1. The molecule has 3 atom stereocenters. The molecule has 0 bridgehead atoms. The number of fused-ring (bicyclic) bond motifs is 2. The summed E-state index contributed by atoms with van der Waals surface area (Å²) in [6.45, 7) is 0.0495. The molecule has 0 radical (unpaired) electrons. The topological polar surface area (TPSA) is 108 Å². The zero-order chi connectivity index (χ0) is 13.6. The molecule has 2 aliphatic rings. The first-order valence-corrected chi connectivity index (χ1v) is 5.83. The van der Waals surface area contributed by atoms with Gasteiger partial charge in [0.25, 0.3) is 5.79 Å². The summed E-state index contributed by atoms with van der Waals surface area (Å²) < 4.78 is 10.7. The van der Waals surface area contributed by atoms with Crippen molar-refractivity contribution in [1.82, 2.24) is 0 Å². The molecule has 2 aliphatic heterocycles. The van der Waals surface area contributed by atoms with Gasteiger partial charge in [0.1, 0.15) is 5.75 Å². The Hall–Kier alpha value is -1.83. The Balaban J connectivity index is 2.02. The fraction of sp³-hybridized carbons (Fsp3) is 0.417. The number of aliphatic hydroxyl groups is 2. The molecule has 0 aliphatic carbocycles. The van der Waals surface area contributed by atoms with E-state index in [-0.39, 0.29) is 30.0 Å². The quantitative estimate of drug-likeness (QED) is 0.566. The molecule has 102 valence electrons. The van der Waals surface area contributed by atoms with Crippen LogP contribution < -0.4 is 10.1 Å². The Kier molecular flexibility index (Phi) is 2.63. The van der Waals surface area contributed by atoms with Gasteiger partial charge in [-0.1, -0.05) is 6.07 Å². The van der Waals surface area contributed by atoms with Crippen LogP contribution in [0.1, 0.15) is 16.8 Å². The van der Waals surface area contributed by atoms with E-state index in [1.165, 1.54) is 12.1 Å². The molecule has 1 fully saturated rings. The minimum atomic E-state index is -1.71. The number of aromatic carboxylic acids is 1. The third-order valence-electron chi connectivity index (χ3n) is 3.21. The van der Waals surface area contributed by atoms with Gasteiger partial charge in [-0.05, 0) is 12.1 Å². The number of ether oxygens (including phenoxy) is 2. The van der Waals surface area contributed by atoms with Crippen molar-refractivity contribution in [3.8, 4) is 5.75 Å². The first-order valence-electron chi connectivity index (χ1n) is 5.83. The molecule has 3 rings (SSSR count). The minimum Gasteiger partial charge on any atom is -0.478 e. The van der Waals surface area contributed by atoms with Gasteiger partial charge in [0.2, 0.25) is 0 Å². The van der Waals surface area contributed by atoms with E-state index in [0.29, 0.717) is 0 Å². The zero-order valence-corrected chi connectivity index (χ0v) is 9.87. The summed E-state index contributed by atoms with van der Waals surface area (Å²) in [7, 11) is 0. The number of benzene rings is 1. The van der Waals surface area contributed by atoms with Crippen molar-refractivity contribution in [2.75, 3.05) is 11.9 Å². The molecule has 1 aromatic carbocycles. The highest BCUT2D eigenvalue weighted by Gasteiger charge is 2.49. The molecule has 7 heteroatoms. The van der Waals surface area contributed by atoms with Crippen LogP contribution in [0.25, 0.3) is 0 Å². The first kappa shape index (κ1) is 12.2. The monoisotopic (exact) mass is 267 g/mol. The molecule has 1 aromatic rings. The number of hydrogen-bond donors (Lipinski definition) is 4. The van der Waals surface area contributed by atoms with Crippen molar-refractivity contribution in [2.45, 2.75) is 24.5 Å². The van der Waals surface area contributed by atoms with E-state index in [9.17, 15) is 15.0 Å². The predicted octanol–water partition coefficient (Wildman–Crippen LogP) is -0.0150. The Bertz CT molecular complexity index is 533. The number of carboxylic acid groups (broad SMARTS) is 1. The number of nitrogens with one attached hydrogen (secondary N) is 1. The standard InChI is InChI=1S/C12H13NO6/c14-6-4-12(17)11(18-5-6)13-9-7(10(15)16)2-1-3-8(9)19-12/h1-3,6,11,13-14,17H,4-5H2,(H,15,16)/t6-,11+,12?/m0/s1. The molecule has 4 N–H and O–H groups in total. The lowest BCUT2D eigenvalue weighted by Gasteiger charge is -2.45. The summed E-state index contributed by atoms with van der Waals surface area (Å²) in [5.74, 6) is -2.59. The Morgan fingerprint density at radius 3 is 3.00 bits per heavy atom. The second kappa shape index (κ2) is 4.09. The molecule has 2 heterocycles.